The van der Waals surface area contributed by atoms with Gasteiger partial charge in [0.1, 0.15) is 5.82 Å². The first-order chi connectivity index (χ1) is 9.13. The van der Waals surface area contributed by atoms with E-state index in [4.69, 9.17) is 5.73 Å². The number of rotatable bonds is 2. The monoisotopic (exact) mass is 319 g/mol. The second-order valence-electron chi connectivity index (χ2n) is 4.84. The zero-order valence-corrected chi connectivity index (χ0v) is 11.9. The number of carbonyl (C=O) groups excluding carboxylic acids is 1. The molecule has 98 valence electrons. The summed E-state index contributed by atoms with van der Waals surface area (Å²) in [6, 6.07) is 10.1. The molecule has 2 heterocycles. The predicted molar refractivity (Wildman–Crippen MR) is 79.0 cm³/mol. The minimum atomic E-state index is -0.216. The second-order valence-corrected chi connectivity index (χ2v) is 5.76. The highest BCUT2D eigenvalue weighted by Gasteiger charge is 2.27. The molecule has 5 heteroatoms. The molecular formula is C14H14BrN3O. The van der Waals surface area contributed by atoms with Gasteiger partial charge in [-0.25, -0.2) is 4.98 Å². The van der Waals surface area contributed by atoms with Gasteiger partial charge in [0.05, 0.1) is 11.4 Å². The topological polar surface area (TPSA) is 59.2 Å². The summed E-state index contributed by atoms with van der Waals surface area (Å²) in [6.07, 6.45) is 0.815. The minimum absolute atomic E-state index is 0.0533. The molecule has 1 fully saturated rings. The van der Waals surface area contributed by atoms with Crippen LogP contribution >= 0.6 is 15.9 Å². The van der Waals surface area contributed by atoms with Crippen molar-refractivity contribution in [1.29, 1.82) is 0 Å². The van der Waals surface area contributed by atoms with Gasteiger partial charge < -0.3 is 10.6 Å². The van der Waals surface area contributed by atoms with Crippen LogP contribution in [0.5, 0.6) is 0 Å². The van der Waals surface area contributed by atoms with Gasteiger partial charge in [-0.05, 0) is 36.8 Å². The molecule has 0 saturated carbocycles. The number of aromatic nitrogens is 1. The van der Waals surface area contributed by atoms with Crippen LogP contribution < -0.4 is 10.6 Å². The molecule has 1 amide bonds. The van der Waals surface area contributed by atoms with E-state index >= 15 is 0 Å². The predicted octanol–water partition coefficient (Wildman–Crippen LogP) is 2.31. The van der Waals surface area contributed by atoms with Crippen LogP contribution in [0.2, 0.25) is 0 Å². The largest absolute Gasteiger partial charge is 0.369 e. The van der Waals surface area contributed by atoms with E-state index in [2.05, 4.69) is 31.9 Å². The van der Waals surface area contributed by atoms with E-state index < -0.39 is 0 Å². The molecule has 2 N–H and O–H groups in total. The number of hydrogen-bond donors (Lipinski definition) is 1. The Hall–Kier alpha value is -1.62. The molecule has 19 heavy (non-hydrogen) atoms. The van der Waals surface area contributed by atoms with Crippen molar-refractivity contribution >= 4 is 38.6 Å². The molecule has 1 aromatic carbocycles. The van der Waals surface area contributed by atoms with Crippen molar-refractivity contribution in [2.24, 2.45) is 11.7 Å². The first-order valence-electron chi connectivity index (χ1n) is 6.24. The fraction of sp³-hybridized carbons (Fsp3) is 0.286. The average molecular weight is 320 g/mol. The number of primary amides is 1. The first kappa shape index (κ1) is 12.4. The summed E-state index contributed by atoms with van der Waals surface area (Å²) in [5.41, 5.74) is 6.32. The van der Waals surface area contributed by atoms with Crippen molar-refractivity contribution in [3.8, 4) is 0 Å². The van der Waals surface area contributed by atoms with Gasteiger partial charge in [0.15, 0.2) is 0 Å². The van der Waals surface area contributed by atoms with Crippen LogP contribution in [0, 0.1) is 5.92 Å². The third-order valence-corrected chi connectivity index (χ3v) is 4.04. The second kappa shape index (κ2) is 4.81. The maximum Gasteiger partial charge on any atom is 0.222 e. The molecule has 1 saturated heterocycles. The number of nitrogens with zero attached hydrogens (tertiary/aromatic N) is 2. The van der Waals surface area contributed by atoms with E-state index in [0.29, 0.717) is 6.54 Å². The molecule has 2 aromatic rings. The number of nitrogens with two attached hydrogens (primary N) is 1. The lowest BCUT2D eigenvalue weighted by atomic mass is 10.1. The summed E-state index contributed by atoms with van der Waals surface area (Å²) in [4.78, 5) is 18.0. The Morgan fingerprint density at radius 2 is 2.21 bits per heavy atom. The number of halogens is 1. The number of amides is 1. The van der Waals surface area contributed by atoms with Gasteiger partial charge in [0, 0.05) is 22.9 Å². The van der Waals surface area contributed by atoms with Crippen molar-refractivity contribution in [3.05, 3.63) is 34.8 Å². The Bertz CT molecular complexity index is 644. The Morgan fingerprint density at radius 3 is 2.95 bits per heavy atom. The summed E-state index contributed by atoms with van der Waals surface area (Å²) in [5, 5.41) is 1.10. The molecule has 0 radical (unpaired) electrons. The Kier molecular flexibility index (Phi) is 3.14. The molecule has 4 nitrogen and oxygen atoms in total. The number of benzene rings is 1. The van der Waals surface area contributed by atoms with Crippen molar-refractivity contribution in [3.63, 3.8) is 0 Å². The maximum absolute atomic E-state index is 11.2. The van der Waals surface area contributed by atoms with Gasteiger partial charge in [0.2, 0.25) is 5.91 Å². The molecule has 1 aliphatic heterocycles. The van der Waals surface area contributed by atoms with Gasteiger partial charge in [-0.1, -0.05) is 15.9 Å². The third kappa shape index (κ3) is 2.42. The van der Waals surface area contributed by atoms with Gasteiger partial charge in [-0.3, -0.25) is 4.79 Å². The third-order valence-electron chi connectivity index (χ3n) is 3.55. The highest BCUT2D eigenvalue weighted by atomic mass is 79.9. The highest BCUT2D eigenvalue weighted by molar-refractivity contribution is 9.10. The van der Waals surface area contributed by atoms with E-state index in [-0.39, 0.29) is 11.8 Å². The quantitative estimate of drug-likeness (QED) is 0.924. The number of carbonyl (C=O) groups is 1. The van der Waals surface area contributed by atoms with Crippen LogP contribution in [0.3, 0.4) is 0 Å². The maximum atomic E-state index is 11.2. The van der Waals surface area contributed by atoms with Gasteiger partial charge in [-0.15, -0.1) is 0 Å². The lowest BCUT2D eigenvalue weighted by Crippen LogP contribution is -2.27. The highest BCUT2D eigenvalue weighted by Crippen LogP contribution is 2.25. The molecular weight excluding hydrogens is 306 g/mol. The molecule has 3 rings (SSSR count). The average Bonchev–Trinajstić information content (AvgIpc) is 2.88. The van der Waals surface area contributed by atoms with Crippen LogP contribution in [-0.2, 0) is 4.79 Å². The van der Waals surface area contributed by atoms with Crippen LogP contribution in [0.4, 0.5) is 5.82 Å². The lowest BCUT2D eigenvalue weighted by Gasteiger charge is -2.17. The first-order valence-corrected chi connectivity index (χ1v) is 7.03. The minimum Gasteiger partial charge on any atom is -0.369 e. The van der Waals surface area contributed by atoms with Crippen molar-refractivity contribution < 1.29 is 4.79 Å². The zero-order chi connectivity index (χ0) is 13.4. The van der Waals surface area contributed by atoms with Gasteiger partial charge in [-0.2, -0.15) is 0 Å². The Balaban J connectivity index is 1.90. The van der Waals surface area contributed by atoms with E-state index in [9.17, 15) is 4.79 Å². The van der Waals surface area contributed by atoms with Crippen molar-refractivity contribution in [2.45, 2.75) is 6.42 Å². The molecule has 0 aliphatic carbocycles. The standard InChI is InChI=1S/C14H14BrN3O/c15-11-2-3-12-9(7-11)1-4-13(17-12)18-6-5-10(8-18)14(16)19/h1-4,7,10H,5-6,8H2,(H2,16,19)/t10-/m1/s1. The van der Waals surface area contributed by atoms with Crippen LogP contribution in [0.25, 0.3) is 10.9 Å². The molecule has 0 bridgehead atoms. The molecule has 0 spiro atoms. The van der Waals surface area contributed by atoms with E-state index in [1.165, 1.54) is 0 Å². The molecule has 0 unspecified atom stereocenters. The summed E-state index contributed by atoms with van der Waals surface area (Å²) in [5.74, 6) is 0.646. The summed E-state index contributed by atoms with van der Waals surface area (Å²) < 4.78 is 1.05. The van der Waals surface area contributed by atoms with Crippen LogP contribution in [-0.4, -0.2) is 24.0 Å². The Labute approximate surface area is 119 Å². The molecule has 1 atom stereocenters. The molecule has 1 aliphatic rings. The summed E-state index contributed by atoms with van der Waals surface area (Å²) in [7, 11) is 0. The van der Waals surface area contributed by atoms with Crippen LogP contribution in [0.1, 0.15) is 6.42 Å². The fourth-order valence-corrected chi connectivity index (χ4v) is 2.84. The summed E-state index contributed by atoms with van der Waals surface area (Å²) >= 11 is 3.45. The zero-order valence-electron chi connectivity index (χ0n) is 10.3. The van der Waals surface area contributed by atoms with E-state index in [1.807, 2.05) is 24.3 Å². The summed E-state index contributed by atoms with van der Waals surface area (Å²) in [6.45, 7) is 1.51. The normalized spacial score (nSPS) is 19.0. The van der Waals surface area contributed by atoms with Crippen molar-refractivity contribution in [1.82, 2.24) is 4.98 Å². The SMILES string of the molecule is NC(=O)[C@@H]1CCN(c2ccc3cc(Br)ccc3n2)C1. The fourth-order valence-electron chi connectivity index (χ4n) is 2.46. The Morgan fingerprint density at radius 1 is 1.37 bits per heavy atom. The molecule has 1 aromatic heterocycles. The van der Waals surface area contributed by atoms with E-state index in [1.54, 1.807) is 0 Å². The number of pyridine rings is 1. The number of fused-ring (bicyclic) bond motifs is 1. The van der Waals surface area contributed by atoms with Crippen LogP contribution in [0.15, 0.2) is 34.8 Å². The van der Waals surface area contributed by atoms with Gasteiger partial charge >= 0.3 is 0 Å². The lowest BCUT2D eigenvalue weighted by molar-refractivity contribution is -0.121. The van der Waals surface area contributed by atoms with Gasteiger partial charge in [0.25, 0.3) is 0 Å². The van der Waals surface area contributed by atoms with E-state index in [0.717, 1.165) is 34.2 Å². The smallest absolute Gasteiger partial charge is 0.222 e. The number of anilines is 1. The number of hydrogen-bond acceptors (Lipinski definition) is 3. The van der Waals surface area contributed by atoms with Crippen molar-refractivity contribution in [2.75, 3.05) is 18.0 Å².